The molecule has 6 heteroatoms. The predicted octanol–water partition coefficient (Wildman–Crippen LogP) is 2.51. The number of benzene rings is 1. The number of rotatable bonds is 4. The zero-order valence-corrected chi connectivity index (χ0v) is 11.5. The van der Waals surface area contributed by atoms with Gasteiger partial charge in [0.2, 0.25) is 0 Å². The molecule has 4 nitrogen and oxygen atoms in total. The predicted molar refractivity (Wildman–Crippen MR) is 67.9 cm³/mol. The Morgan fingerprint density at radius 2 is 1.94 bits per heavy atom. The third-order valence-electron chi connectivity index (χ3n) is 1.99. The minimum atomic E-state index is -3.54. The third-order valence-corrected chi connectivity index (χ3v) is 3.75. The van der Waals surface area contributed by atoms with Crippen molar-refractivity contribution >= 4 is 31.7 Å². The van der Waals surface area contributed by atoms with E-state index in [0.29, 0.717) is 6.42 Å². The first-order valence-electron chi connectivity index (χ1n) is 4.76. The molecule has 0 aliphatic heterocycles. The standard InChI is InChI=1S/C10H13BrN2O2S/c1-3-8(2)12-13-16(14,15)10-6-4-9(11)5-7-10/h4-7,13H,3H2,1-2H3. The van der Waals surface area contributed by atoms with Crippen LogP contribution in [0.2, 0.25) is 0 Å². The second-order valence-corrected chi connectivity index (χ2v) is 5.83. The van der Waals surface area contributed by atoms with Crippen LogP contribution < -0.4 is 4.83 Å². The molecular formula is C10H13BrN2O2S. The van der Waals surface area contributed by atoms with Crippen molar-refractivity contribution in [2.24, 2.45) is 5.10 Å². The Morgan fingerprint density at radius 1 is 1.38 bits per heavy atom. The van der Waals surface area contributed by atoms with E-state index < -0.39 is 10.0 Å². The molecule has 16 heavy (non-hydrogen) atoms. The summed E-state index contributed by atoms with van der Waals surface area (Å²) in [4.78, 5) is 2.39. The van der Waals surface area contributed by atoms with Crippen LogP contribution in [-0.2, 0) is 10.0 Å². The summed E-state index contributed by atoms with van der Waals surface area (Å²) in [5.41, 5.74) is 0.737. The lowest BCUT2D eigenvalue weighted by molar-refractivity contribution is 0.584. The Balaban J connectivity index is 2.91. The van der Waals surface area contributed by atoms with E-state index in [2.05, 4.69) is 25.9 Å². The number of halogens is 1. The van der Waals surface area contributed by atoms with Gasteiger partial charge in [-0.1, -0.05) is 22.9 Å². The molecule has 0 fully saturated rings. The fraction of sp³-hybridized carbons (Fsp3) is 0.300. The van der Waals surface area contributed by atoms with Crippen molar-refractivity contribution in [1.82, 2.24) is 4.83 Å². The van der Waals surface area contributed by atoms with E-state index in [4.69, 9.17) is 0 Å². The van der Waals surface area contributed by atoms with Crippen LogP contribution in [0.25, 0.3) is 0 Å². The molecule has 0 heterocycles. The fourth-order valence-electron chi connectivity index (χ4n) is 0.884. The van der Waals surface area contributed by atoms with Crippen molar-refractivity contribution in [2.75, 3.05) is 0 Å². The van der Waals surface area contributed by atoms with Gasteiger partial charge in [-0.15, -0.1) is 0 Å². The Labute approximate surface area is 104 Å². The van der Waals surface area contributed by atoms with Crippen LogP contribution in [0, 0.1) is 0 Å². The van der Waals surface area contributed by atoms with Gasteiger partial charge in [-0.3, -0.25) is 0 Å². The molecule has 0 radical (unpaired) electrons. The van der Waals surface area contributed by atoms with Crippen LogP contribution in [0.1, 0.15) is 20.3 Å². The van der Waals surface area contributed by atoms with E-state index in [0.717, 1.165) is 10.2 Å². The molecule has 1 aromatic carbocycles. The fourth-order valence-corrected chi connectivity index (χ4v) is 2.02. The first-order valence-corrected chi connectivity index (χ1v) is 7.04. The zero-order valence-electron chi connectivity index (χ0n) is 9.07. The molecule has 0 saturated carbocycles. The molecule has 0 saturated heterocycles. The van der Waals surface area contributed by atoms with Gasteiger partial charge in [-0.05, 0) is 37.6 Å². The minimum absolute atomic E-state index is 0.198. The number of nitrogens with zero attached hydrogens (tertiary/aromatic N) is 1. The van der Waals surface area contributed by atoms with Gasteiger partial charge in [0.15, 0.2) is 0 Å². The lowest BCUT2D eigenvalue weighted by Crippen LogP contribution is -2.19. The summed E-state index contributed by atoms with van der Waals surface area (Å²) >= 11 is 3.24. The van der Waals surface area contributed by atoms with Gasteiger partial charge in [0, 0.05) is 10.2 Å². The van der Waals surface area contributed by atoms with E-state index in [9.17, 15) is 8.42 Å². The topological polar surface area (TPSA) is 58.5 Å². The second-order valence-electron chi connectivity index (χ2n) is 3.25. The average Bonchev–Trinajstić information content (AvgIpc) is 2.26. The highest BCUT2D eigenvalue weighted by atomic mass is 79.9. The van der Waals surface area contributed by atoms with Crippen LogP contribution in [0.3, 0.4) is 0 Å². The van der Waals surface area contributed by atoms with Gasteiger partial charge >= 0.3 is 0 Å². The maximum absolute atomic E-state index is 11.7. The quantitative estimate of drug-likeness (QED) is 0.686. The highest BCUT2D eigenvalue weighted by Crippen LogP contribution is 2.14. The molecule has 1 N–H and O–H groups in total. The first-order chi connectivity index (χ1) is 7.45. The van der Waals surface area contributed by atoms with Gasteiger partial charge in [0.1, 0.15) is 0 Å². The molecule has 0 bridgehead atoms. The summed E-state index contributed by atoms with van der Waals surface area (Å²) in [7, 11) is -3.54. The summed E-state index contributed by atoms with van der Waals surface area (Å²) in [5, 5.41) is 3.78. The van der Waals surface area contributed by atoms with Gasteiger partial charge in [0.25, 0.3) is 10.0 Å². The number of hydrogen-bond acceptors (Lipinski definition) is 3. The summed E-state index contributed by atoms with van der Waals surface area (Å²) in [6.07, 6.45) is 0.711. The highest BCUT2D eigenvalue weighted by Gasteiger charge is 2.12. The van der Waals surface area contributed by atoms with Crippen LogP contribution in [0.15, 0.2) is 38.7 Å². The monoisotopic (exact) mass is 304 g/mol. The summed E-state index contributed by atoms with van der Waals surface area (Å²) < 4.78 is 24.3. The average molecular weight is 305 g/mol. The maximum atomic E-state index is 11.7. The smallest absolute Gasteiger partial charge is 0.200 e. The Bertz CT molecular complexity index is 480. The number of hydrogen-bond donors (Lipinski definition) is 1. The van der Waals surface area contributed by atoms with Gasteiger partial charge in [-0.25, -0.2) is 4.83 Å². The molecule has 0 aliphatic rings. The van der Waals surface area contributed by atoms with Crippen molar-refractivity contribution in [3.63, 3.8) is 0 Å². The zero-order chi connectivity index (χ0) is 12.2. The van der Waals surface area contributed by atoms with E-state index in [1.165, 1.54) is 12.1 Å². The SMILES string of the molecule is CCC(C)=NNS(=O)(=O)c1ccc(Br)cc1. The van der Waals surface area contributed by atoms with Gasteiger partial charge in [0.05, 0.1) is 4.90 Å². The first kappa shape index (κ1) is 13.2. The molecule has 0 unspecified atom stereocenters. The Kier molecular flexibility index (Phi) is 4.49. The second kappa shape index (κ2) is 5.45. The molecule has 0 aliphatic carbocycles. The summed E-state index contributed by atoms with van der Waals surface area (Å²) in [6.45, 7) is 3.68. The van der Waals surface area contributed by atoms with E-state index in [-0.39, 0.29) is 4.90 Å². The molecule has 0 amide bonds. The number of hydrazone groups is 1. The number of sulfonamides is 1. The van der Waals surface area contributed by atoms with E-state index in [1.807, 2.05) is 6.92 Å². The van der Waals surface area contributed by atoms with Gasteiger partial charge in [-0.2, -0.15) is 13.5 Å². The van der Waals surface area contributed by atoms with Crippen molar-refractivity contribution in [3.05, 3.63) is 28.7 Å². The van der Waals surface area contributed by atoms with Crippen LogP contribution >= 0.6 is 15.9 Å². The van der Waals surface area contributed by atoms with Crippen molar-refractivity contribution < 1.29 is 8.42 Å². The normalized spacial score (nSPS) is 12.6. The molecule has 0 spiro atoms. The van der Waals surface area contributed by atoms with E-state index >= 15 is 0 Å². The van der Waals surface area contributed by atoms with Gasteiger partial charge < -0.3 is 0 Å². The molecule has 1 aromatic rings. The lowest BCUT2D eigenvalue weighted by atomic mass is 10.3. The third kappa shape index (κ3) is 3.61. The van der Waals surface area contributed by atoms with Crippen molar-refractivity contribution in [2.45, 2.75) is 25.2 Å². The van der Waals surface area contributed by atoms with E-state index in [1.54, 1.807) is 19.1 Å². The van der Waals surface area contributed by atoms with Crippen LogP contribution in [0.5, 0.6) is 0 Å². The number of nitrogens with one attached hydrogen (secondary N) is 1. The summed E-state index contributed by atoms with van der Waals surface area (Å²) in [6, 6.07) is 6.38. The molecule has 0 atom stereocenters. The van der Waals surface area contributed by atoms with Crippen LogP contribution in [-0.4, -0.2) is 14.1 Å². The maximum Gasteiger partial charge on any atom is 0.276 e. The molecule has 1 rings (SSSR count). The van der Waals surface area contributed by atoms with Crippen molar-refractivity contribution in [1.29, 1.82) is 0 Å². The van der Waals surface area contributed by atoms with Crippen molar-refractivity contribution in [3.8, 4) is 0 Å². The largest absolute Gasteiger partial charge is 0.276 e. The molecular weight excluding hydrogens is 292 g/mol. The lowest BCUT2D eigenvalue weighted by Gasteiger charge is -2.04. The van der Waals surface area contributed by atoms with Crippen LogP contribution in [0.4, 0.5) is 0 Å². The summed E-state index contributed by atoms with van der Waals surface area (Å²) in [5.74, 6) is 0. The highest BCUT2D eigenvalue weighted by molar-refractivity contribution is 9.10. The Hall–Kier alpha value is -0.880. The minimum Gasteiger partial charge on any atom is -0.200 e. The molecule has 88 valence electrons. The molecule has 0 aromatic heterocycles. The Morgan fingerprint density at radius 3 is 2.44 bits per heavy atom.